The minimum Gasteiger partial charge on any atom is -0.476 e. The summed E-state index contributed by atoms with van der Waals surface area (Å²) in [5.74, 6) is 1.23. The molecule has 6 nitrogen and oxygen atoms in total. The molecular weight excluding hydrogens is 234 g/mol. The number of aliphatic hydroxyl groups is 1. The monoisotopic (exact) mass is 255 g/mol. The highest BCUT2D eigenvalue weighted by Crippen LogP contribution is 2.22. The summed E-state index contributed by atoms with van der Waals surface area (Å²) in [5.41, 5.74) is 6.29. The normalized spacial score (nSPS) is 10.4. The van der Waals surface area contributed by atoms with Crippen molar-refractivity contribution in [2.45, 2.75) is 6.92 Å². The van der Waals surface area contributed by atoms with Crippen LogP contribution in [-0.2, 0) is 4.74 Å². The second kappa shape index (κ2) is 7.73. The number of anilines is 2. The van der Waals surface area contributed by atoms with Crippen LogP contribution in [0.2, 0.25) is 0 Å². The van der Waals surface area contributed by atoms with Gasteiger partial charge in [-0.2, -0.15) is 4.98 Å². The van der Waals surface area contributed by atoms with Gasteiger partial charge in [0.05, 0.1) is 32.1 Å². The van der Waals surface area contributed by atoms with Crippen molar-refractivity contribution in [2.75, 3.05) is 50.7 Å². The molecule has 0 saturated heterocycles. The maximum Gasteiger partial charge on any atom is 0.239 e. The molecule has 0 aliphatic rings. The number of rotatable bonds is 8. The molecule has 0 aliphatic carbocycles. The molecule has 1 aromatic heterocycles. The number of likely N-dealkylation sites (N-methyl/N-ethyl adjacent to an activating group) is 1. The zero-order valence-electron chi connectivity index (χ0n) is 10.9. The zero-order chi connectivity index (χ0) is 13.4. The minimum atomic E-state index is 0.0400. The number of nitrogen functional groups attached to an aromatic ring is 1. The van der Waals surface area contributed by atoms with Crippen LogP contribution in [0.25, 0.3) is 0 Å². The molecule has 0 aromatic carbocycles. The third-order valence-electron chi connectivity index (χ3n) is 2.35. The van der Waals surface area contributed by atoms with Crippen LogP contribution in [0.1, 0.15) is 6.92 Å². The van der Waals surface area contributed by atoms with Crippen LogP contribution >= 0.6 is 0 Å². The number of hydrogen-bond donors (Lipinski definition) is 2. The van der Waals surface area contributed by atoms with E-state index in [1.54, 1.807) is 6.07 Å². The molecular formula is C12H21N3O3. The summed E-state index contributed by atoms with van der Waals surface area (Å²) >= 11 is 0. The first-order chi connectivity index (χ1) is 8.69. The molecule has 3 N–H and O–H groups in total. The number of nitrogens with zero attached hydrogens (tertiary/aromatic N) is 2. The van der Waals surface area contributed by atoms with Crippen molar-refractivity contribution in [3.05, 3.63) is 12.1 Å². The fraction of sp³-hybridized carbons (Fsp3) is 0.583. The molecule has 0 bridgehead atoms. The Balaban J connectivity index is 2.56. The van der Waals surface area contributed by atoms with Crippen LogP contribution in [0.4, 0.5) is 11.5 Å². The van der Waals surface area contributed by atoms with E-state index in [-0.39, 0.29) is 6.61 Å². The fourth-order valence-corrected chi connectivity index (χ4v) is 1.39. The Kier molecular flexibility index (Phi) is 6.24. The Morgan fingerprint density at radius 1 is 1.39 bits per heavy atom. The summed E-state index contributed by atoms with van der Waals surface area (Å²) in [5, 5.41) is 8.59. The van der Waals surface area contributed by atoms with Crippen LogP contribution in [0.3, 0.4) is 0 Å². The van der Waals surface area contributed by atoms with Gasteiger partial charge in [-0.05, 0) is 19.1 Å². The molecule has 0 fully saturated rings. The Morgan fingerprint density at radius 2 is 2.17 bits per heavy atom. The number of aromatic nitrogens is 1. The van der Waals surface area contributed by atoms with E-state index < -0.39 is 0 Å². The van der Waals surface area contributed by atoms with Crippen LogP contribution in [0, 0.1) is 0 Å². The number of ether oxygens (including phenoxy) is 2. The third kappa shape index (κ3) is 4.38. The smallest absolute Gasteiger partial charge is 0.239 e. The molecule has 0 unspecified atom stereocenters. The predicted octanol–water partition coefficient (Wildman–Crippen LogP) is 0.508. The van der Waals surface area contributed by atoms with E-state index in [0.717, 1.165) is 5.82 Å². The highest BCUT2D eigenvalue weighted by Gasteiger charge is 2.07. The van der Waals surface area contributed by atoms with E-state index >= 15 is 0 Å². The molecule has 1 rings (SSSR count). The van der Waals surface area contributed by atoms with Gasteiger partial charge in [-0.1, -0.05) is 0 Å². The van der Waals surface area contributed by atoms with Crippen LogP contribution < -0.4 is 15.4 Å². The standard InChI is InChI=1S/C12H21N3O3/c1-3-18-12-10(13)4-5-11(14-12)15(2)6-8-17-9-7-16/h4-5,16H,3,6-9,13H2,1-2H3. The highest BCUT2D eigenvalue weighted by atomic mass is 16.5. The Hall–Kier alpha value is -1.53. The topological polar surface area (TPSA) is 80.8 Å². The molecule has 0 amide bonds. The van der Waals surface area contributed by atoms with Crippen molar-refractivity contribution in [1.82, 2.24) is 4.98 Å². The van der Waals surface area contributed by atoms with Crippen molar-refractivity contribution < 1.29 is 14.6 Å². The lowest BCUT2D eigenvalue weighted by molar-refractivity contribution is 0.0970. The summed E-state index contributed by atoms with van der Waals surface area (Å²) in [6.07, 6.45) is 0. The van der Waals surface area contributed by atoms with Gasteiger partial charge in [-0.25, -0.2) is 0 Å². The molecule has 1 aromatic rings. The molecule has 1 heterocycles. The Morgan fingerprint density at radius 3 is 2.83 bits per heavy atom. The molecule has 102 valence electrons. The van der Waals surface area contributed by atoms with Gasteiger partial charge in [0.2, 0.25) is 5.88 Å². The molecule has 0 saturated carbocycles. The first kappa shape index (κ1) is 14.5. The van der Waals surface area contributed by atoms with Crippen LogP contribution in [0.5, 0.6) is 5.88 Å². The maximum absolute atomic E-state index is 8.59. The third-order valence-corrected chi connectivity index (χ3v) is 2.35. The van der Waals surface area contributed by atoms with Crippen molar-refractivity contribution in [3.63, 3.8) is 0 Å². The average molecular weight is 255 g/mol. The lowest BCUT2D eigenvalue weighted by atomic mass is 10.4. The first-order valence-electron chi connectivity index (χ1n) is 5.98. The summed E-state index contributed by atoms with van der Waals surface area (Å²) in [6, 6.07) is 3.61. The van der Waals surface area contributed by atoms with Crippen LogP contribution in [-0.4, -0.2) is 50.1 Å². The second-order valence-corrected chi connectivity index (χ2v) is 3.75. The highest BCUT2D eigenvalue weighted by molar-refractivity contribution is 5.54. The van der Waals surface area contributed by atoms with Gasteiger partial charge >= 0.3 is 0 Å². The van der Waals surface area contributed by atoms with E-state index in [1.165, 1.54) is 0 Å². The summed E-state index contributed by atoms with van der Waals surface area (Å²) in [4.78, 5) is 6.28. The van der Waals surface area contributed by atoms with Gasteiger partial charge in [0.15, 0.2) is 0 Å². The summed E-state index contributed by atoms with van der Waals surface area (Å²) in [6.45, 7) is 4.03. The van der Waals surface area contributed by atoms with Gasteiger partial charge in [0, 0.05) is 13.6 Å². The van der Waals surface area contributed by atoms with Crippen molar-refractivity contribution in [3.8, 4) is 5.88 Å². The minimum absolute atomic E-state index is 0.0400. The van der Waals surface area contributed by atoms with Gasteiger partial charge < -0.3 is 25.2 Å². The van der Waals surface area contributed by atoms with Crippen molar-refractivity contribution in [2.24, 2.45) is 0 Å². The van der Waals surface area contributed by atoms with E-state index in [4.69, 9.17) is 20.3 Å². The number of nitrogens with two attached hydrogens (primary N) is 1. The largest absolute Gasteiger partial charge is 0.476 e. The molecule has 0 atom stereocenters. The average Bonchev–Trinajstić information content (AvgIpc) is 2.37. The van der Waals surface area contributed by atoms with Crippen molar-refractivity contribution in [1.29, 1.82) is 0 Å². The van der Waals surface area contributed by atoms with Crippen LogP contribution in [0.15, 0.2) is 12.1 Å². The predicted molar refractivity (Wildman–Crippen MR) is 71.0 cm³/mol. The molecule has 0 spiro atoms. The van der Waals surface area contributed by atoms with E-state index in [2.05, 4.69) is 4.98 Å². The Bertz CT molecular complexity index is 360. The maximum atomic E-state index is 8.59. The summed E-state index contributed by atoms with van der Waals surface area (Å²) in [7, 11) is 1.91. The van der Waals surface area contributed by atoms with Gasteiger partial charge in [-0.3, -0.25) is 0 Å². The van der Waals surface area contributed by atoms with E-state index in [9.17, 15) is 0 Å². The SMILES string of the molecule is CCOc1nc(N(C)CCOCCO)ccc1N. The van der Waals surface area contributed by atoms with E-state index in [0.29, 0.717) is 37.9 Å². The first-order valence-corrected chi connectivity index (χ1v) is 5.98. The molecule has 6 heteroatoms. The number of aliphatic hydroxyl groups excluding tert-OH is 1. The summed E-state index contributed by atoms with van der Waals surface area (Å²) < 4.78 is 10.5. The zero-order valence-corrected chi connectivity index (χ0v) is 10.9. The quantitative estimate of drug-likeness (QED) is 0.659. The molecule has 18 heavy (non-hydrogen) atoms. The van der Waals surface area contributed by atoms with Gasteiger partial charge in [0.1, 0.15) is 5.82 Å². The van der Waals surface area contributed by atoms with Gasteiger partial charge in [-0.15, -0.1) is 0 Å². The Labute approximate surface area is 107 Å². The van der Waals surface area contributed by atoms with E-state index in [1.807, 2.05) is 24.9 Å². The lowest BCUT2D eigenvalue weighted by Crippen LogP contribution is -2.24. The molecule has 0 aliphatic heterocycles. The molecule has 0 radical (unpaired) electrons. The second-order valence-electron chi connectivity index (χ2n) is 3.75. The lowest BCUT2D eigenvalue weighted by Gasteiger charge is -2.19. The fourth-order valence-electron chi connectivity index (χ4n) is 1.39. The number of hydrogen-bond acceptors (Lipinski definition) is 6. The number of pyridine rings is 1. The van der Waals surface area contributed by atoms with Crippen molar-refractivity contribution >= 4 is 11.5 Å². The van der Waals surface area contributed by atoms with Gasteiger partial charge in [0.25, 0.3) is 0 Å².